The minimum absolute atomic E-state index is 0.325. The second-order valence-electron chi connectivity index (χ2n) is 5.35. The Morgan fingerprint density at radius 1 is 1.44 bits per heavy atom. The van der Waals surface area contributed by atoms with Crippen molar-refractivity contribution in [1.29, 1.82) is 0 Å². The first-order valence-electron chi connectivity index (χ1n) is 7.07. The lowest BCUT2D eigenvalue weighted by Gasteiger charge is -2.23. The largest absolute Gasteiger partial charge is 0.383 e. The van der Waals surface area contributed by atoms with Crippen molar-refractivity contribution in [3.8, 4) is 0 Å². The molecule has 18 heavy (non-hydrogen) atoms. The van der Waals surface area contributed by atoms with Crippen LogP contribution in [0.25, 0.3) is 0 Å². The highest BCUT2D eigenvalue weighted by atomic mass is 16.5. The standard InChI is InChI=1S/C14H25N3O/c1-12(11-18-2)17-9-8-15-14(17)16-10-13-6-4-3-5-7-13/h8-9,12-13H,3-7,10-11H2,1-2H3,(H,15,16). The van der Waals surface area contributed by atoms with Crippen LogP contribution in [-0.2, 0) is 4.74 Å². The van der Waals surface area contributed by atoms with Crippen LogP contribution in [-0.4, -0.2) is 29.8 Å². The van der Waals surface area contributed by atoms with Crippen molar-refractivity contribution >= 4 is 5.95 Å². The van der Waals surface area contributed by atoms with Gasteiger partial charge in [0.15, 0.2) is 0 Å². The van der Waals surface area contributed by atoms with Gasteiger partial charge in [-0.05, 0) is 25.7 Å². The van der Waals surface area contributed by atoms with E-state index in [0.717, 1.165) is 18.4 Å². The first-order chi connectivity index (χ1) is 8.81. The number of hydrogen-bond acceptors (Lipinski definition) is 3. The van der Waals surface area contributed by atoms with Gasteiger partial charge in [0.1, 0.15) is 0 Å². The van der Waals surface area contributed by atoms with E-state index in [2.05, 4.69) is 21.8 Å². The maximum absolute atomic E-state index is 5.20. The van der Waals surface area contributed by atoms with Gasteiger partial charge in [0.05, 0.1) is 12.6 Å². The Morgan fingerprint density at radius 3 is 2.94 bits per heavy atom. The first-order valence-corrected chi connectivity index (χ1v) is 7.07. The molecule has 1 N–H and O–H groups in total. The van der Waals surface area contributed by atoms with Crippen molar-refractivity contribution in [2.45, 2.75) is 45.1 Å². The van der Waals surface area contributed by atoms with E-state index in [1.807, 2.05) is 12.4 Å². The van der Waals surface area contributed by atoms with Gasteiger partial charge in [-0.25, -0.2) is 4.98 Å². The number of rotatable bonds is 6. The topological polar surface area (TPSA) is 39.1 Å². The Morgan fingerprint density at radius 2 is 2.22 bits per heavy atom. The van der Waals surface area contributed by atoms with Gasteiger partial charge in [0.25, 0.3) is 0 Å². The molecule has 1 aliphatic carbocycles. The van der Waals surface area contributed by atoms with Crippen LogP contribution >= 0.6 is 0 Å². The quantitative estimate of drug-likeness (QED) is 0.844. The summed E-state index contributed by atoms with van der Waals surface area (Å²) in [7, 11) is 1.74. The Hall–Kier alpha value is -1.03. The predicted molar refractivity (Wildman–Crippen MR) is 73.9 cm³/mol. The molecule has 0 bridgehead atoms. The van der Waals surface area contributed by atoms with Gasteiger partial charge >= 0.3 is 0 Å². The van der Waals surface area contributed by atoms with Gasteiger partial charge in [-0.15, -0.1) is 0 Å². The van der Waals surface area contributed by atoms with Gasteiger partial charge in [-0.3, -0.25) is 0 Å². The molecule has 2 rings (SSSR count). The Balaban J connectivity index is 1.86. The number of aromatic nitrogens is 2. The van der Waals surface area contributed by atoms with E-state index in [-0.39, 0.29) is 0 Å². The van der Waals surface area contributed by atoms with E-state index in [1.54, 1.807) is 7.11 Å². The summed E-state index contributed by atoms with van der Waals surface area (Å²) in [4.78, 5) is 4.40. The number of nitrogens with one attached hydrogen (secondary N) is 1. The summed E-state index contributed by atoms with van der Waals surface area (Å²) in [6.07, 6.45) is 10.8. The third-order valence-electron chi connectivity index (χ3n) is 3.82. The molecule has 1 heterocycles. The summed E-state index contributed by atoms with van der Waals surface area (Å²) in [5, 5.41) is 3.50. The number of nitrogens with zero attached hydrogens (tertiary/aromatic N) is 2. The van der Waals surface area contributed by atoms with Crippen molar-refractivity contribution in [3.05, 3.63) is 12.4 Å². The minimum Gasteiger partial charge on any atom is -0.383 e. The lowest BCUT2D eigenvalue weighted by molar-refractivity contribution is 0.163. The number of methoxy groups -OCH3 is 1. The van der Waals surface area contributed by atoms with Gasteiger partial charge < -0.3 is 14.6 Å². The fraction of sp³-hybridized carbons (Fsp3) is 0.786. The molecule has 102 valence electrons. The third-order valence-corrected chi connectivity index (χ3v) is 3.82. The predicted octanol–water partition coefficient (Wildman–Crippen LogP) is 3.08. The van der Waals surface area contributed by atoms with Gasteiger partial charge in [0.2, 0.25) is 5.95 Å². The Bertz CT molecular complexity index is 345. The van der Waals surface area contributed by atoms with E-state index in [1.165, 1.54) is 32.1 Å². The average Bonchev–Trinajstić information content (AvgIpc) is 2.86. The lowest BCUT2D eigenvalue weighted by Crippen LogP contribution is -2.20. The molecule has 1 saturated carbocycles. The molecule has 1 atom stereocenters. The first kappa shape index (κ1) is 13.4. The van der Waals surface area contributed by atoms with Crippen molar-refractivity contribution in [1.82, 2.24) is 9.55 Å². The summed E-state index contributed by atoms with van der Waals surface area (Å²) in [6, 6.07) is 0.325. The molecule has 1 aromatic heterocycles. The van der Waals surface area contributed by atoms with Gasteiger partial charge in [-0.1, -0.05) is 19.3 Å². The fourth-order valence-corrected chi connectivity index (χ4v) is 2.75. The van der Waals surface area contributed by atoms with Crippen LogP contribution in [0, 0.1) is 5.92 Å². The maximum Gasteiger partial charge on any atom is 0.203 e. The highest BCUT2D eigenvalue weighted by Gasteiger charge is 2.15. The third kappa shape index (κ3) is 3.48. The molecular formula is C14H25N3O. The molecule has 1 aliphatic rings. The zero-order valence-electron chi connectivity index (χ0n) is 11.6. The normalized spacial score (nSPS) is 18.8. The molecule has 0 radical (unpaired) electrons. The van der Waals surface area contributed by atoms with Crippen LogP contribution in [0.5, 0.6) is 0 Å². The molecule has 0 aromatic carbocycles. The van der Waals surface area contributed by atoms with Crippen LogP contribution in [0.1, 0.15) is 45.1 Å². The Kier molecular flexibility index (Phi) is 5.05. The fourth-order valence-electron chi connectivity index (χ4n) is 2.75. The summed E-state index contributed by atoms with van der Waals surface area (Å²) in [5.74, 6) is 1.80. The molecule has 0 amide bonds. The summed E-state index contributed by atoms with van der Waals surface area (Å²) < 4.78 is 7.36. The number of imidazole rings is 1. The highest BCUT2D eigenvalue weighted by molar-refractivity contribution is 5.26. The molecular weight excluding hydrogens is 226 g/mol. The zero-order chi connectivity index (χ0) is 12.8. The molecule has 1 aromatic rings. The summed E-state index contributed by atoms with van der Waals surface area (Å²) >= 11 is 0. The highest BCUT2D eigenvalue weighted by Crippen LogP contribution is 2.24. The second kappa shape index (κ2) is 6.78. The van der Waals surface area contributed by atoms with Crippen molar-refractivity contribution < 1.29 is 4.74 Å². The summed E-state index contributed by atoms with van der Waals surface area (Å²) in [5.41, 5.74) is 0. The van der Waals surface area contributed by atoms with Crippen LogP contribution in [0.3, 0.4) is 0 Å². The SMILES string of the molecule is COCC(C)n1ccnc1NCC1CCCCC1. The van der Waals surface area contributed by atoms with E-state index < -0.39 is 0 Å². The number of hydrogen-bond donors (Lipinski definition) is 1. The Labute approximate surface area is 110 Å². The maximum atomic E-state index is 5.20. The molecule has 0 aliphatic heterocycles. The molecule has 1 fully saturated rings. The number of ether oxygens (including phenoxy) is 1. The van der Waals surface area contributed by atoms with E-state index in [4.69, 9.17) is 4.74 Å². The monoisotopic (exact) mass is 251 g/mol. The molecule has 0 saturated heterocycles. The van der Waals surface area contributed by atoms with Gasteiger partial charge in [-0.2, -0.15) is 0 Å². The van der Waals surface area contributed by atoms with Crippen LogP contribution < -0.4 is 5.32 Å². The summed E-state index contributed by atoms with van der Waals surface area (Å²) in [6.45, 7) is 3.92. The number of anilines is 1. The van der Waals surface area contributed by atoms with E-state index >= 15 is 0 Å². The minimum atomic E-state index is 0.325. The van der Waals surface area contributed by atoms with Crippen LogP contribution in [0.15, 0.2) is 12.4 Å². The van der Waals surface area contributed by atoms with Gasteiger partial charge in [0, 0.05) is 26.0 Å². The van der Waals surface area contributed by atoms with Crippen LogP contribution in [0.2, 0.25) is 0 Å². The zero-order valence-corrected chi connectivity index (χ0v) is 11.6. The average molecular weight is 251 g/mol. The second-order valence-corrected chi connectivity index (χ2v) is 5.35. The molecule has 1 unspecified atom stereocenters. The molecule has 4 nitrogen and oxygen atoms in total. The smallest absolute Gasteiger partial charge is 0.203 e. The van der Waals surface area contributed by atoms with Crippen molar-refractivity contribution in [2.75, 3.05) is 25.6 Å². The van der Waals surface area contributed by atoms with E-state index in [9.17, 15) is 0 Å². The molecule has 4 heteroatoms. The van der Waals surface area contributed by atoms with Crippen LogP contribution in [0.4, 0.5) is 5.95 Å². The lowest BCUT2D eigenvalue weighted by atomic mass is 9.89. The van der Waals surface area contributed by atoms with Crippen molar-refractivity contribution in [3.63, 3.8) is 0 Å². The molecule has 0 spiro atoms. The van der Waals surface area contributed by atoms with Crippen molar-refractivity contribution in [2.24, 2.45) is 5.92 Å². The van der Waals surface area contributed by atoms with E-state index in [0.29, 0.717) is 12.6 Å².